The van der Waals surface area contributed by atoms with Gasteiger partial charge in [-0.15, -0.1) is 0 Å². The van der Waals surface area contributed by atoms with E-state index in [1.165, 1.54) is 6.08 Å². The minimum atomic E-state index is -3.82. The van der Waals surface area contributed by atoms with Crippen LogP contribution in [-0.4, -0.2) is 71.6 Å². The third-order valence-electron chi connectivity index (χ3n) is 5.36. The molecule has 1 saturated heterocycles. The van der Waals surface area contributed by atoms with Crippen LogP contribution in [0.5, 0.6) is 5.75 Å². The summed E-state index contributed by atoms with van der Waals surface area (Å²) in [5.41, 5.74) is 2.83. The number of sulfonamides is 1. The van der Waals surface area contributed by atoms with Gasteiger partial charge in [0.25, 0.3) is 5.91 Å². The Kier molecular flexibility index (Phi) is 8.67. The summed E-state index contributed by atoms with van der Waals surface area (Å²) in [6, 6.07) is 15.0. The van der Waals surface area contributed by atoms with Crippen LogP contribution in [0.15, 0.2) is 53.9 Å². The third-order valence-corrected chi connectivity index (χ3v) is 6.40. The van der Waals surface area contributed by atoms with Gasteiger partial charge in [0.05, 0.1) is 7.11 Å². The summed E-state index contributed by atoms with van der Waals surface area (Å²) in [7, 11) is -2.21. The number of hydrogen-bond donors (Lipinski definition) is 1. The van der Waals surface area contributed by atoms with Crippen molar-refractivity contribution in [3.8, 4) is 5.75 Å². The van der Waals surface area contributed by atoms with E-state index in [2.05, 4.69) is 9.62 Å². The topological polar surface area (TPSA) is 105 Å². The molecular weight excluding hydrogens is 458 g/mol. The number of carbonyl (C=O) groups is 2. The fourth-order valence-corrected chi connectivity index (χ4v) is 4.10. The van der Waals surface area contributed by atoms with Crippen molar-refractivity contribution in [2.45, 2.75) is 6.92 Å². The fourth-order valence-electron chi connectivity index (χ4n) is 3.34. The Morgan fingerprint density at radius 1 is 1.00 bits per heavy atom. The first-order chi connectivity index (χ1) is 16.3. The van der Waals surface area contributed by atoms with Gasteiger partial charge in [-0.05, 0) is 42.8 Å². The van der Waals surface area contributed by atoms with Crippen molar-refractivity contribution in [1.82, 2.24) is 9.62 Å². The average molecular weight is 488 g/mol. The predicted molar refractivity (Wildman–Crippen MR) is 130 cm³/mol. The average Bonchev–Trinajstić information content (AvgIpc) is 2.86. The second-order valence-corrected chi connectivity index (χ2v) is 9.46. The van der Waals surface area contributed by atoms with Gasteiger partial charge >= 0.3 is 5.97 Å². The number of methoxy groups -OCH3 is 1. The molecule has 1 aliphatic rings. The van der Waals surface area contributed by atoms with Crippen LogP contribution in [0.4, 0.5) is 5.69 Å². The Morgan fingerprint density at radius 2 is 1.65 bits per heavy atom. The van der Waals surface area contributed by atoms with Crippen molar-refractivity contribution in [3.05, 3.63) is 65.1 Å². The lowest BCUT2D eigenvalue weighted by Crippen LogP contribution is -2.50. The van der Waals surface area contributed by atoms with E-state index in [-0.39, 0.29) is 5.91 Å². The monoisotopic (exact) mass is 487 g/mol. The van der Waals surface area contributed by atoms with Gasteiger partial charge in [-0.25, -0.2) is 13.1 Å². The Morgan fingerprint density at radius 3 is 2.26 bits per heavy atom. The number of carbonyl (C=O) groups excluding carboxylic acids is 2. The molecule has 10 heteroatoms. The van der Waals surface area contributed by atoms with Crippen LogP contribution in [-0.2, 0) is 24.3 Å². The third kappa shape index (κ3) is 7.60. The van der Waals surface area contributed by atoms with Crippen molar-refractivity contribution < 1.29 is 27.5 Å². The van der Waals surface area contributed by atoms with Gasteiger partial charge in [0, 0.05) is 37.3 Å². The highest BCUT2D eigenvalue weighted by Gasteiger charge is 2.22. The number of nitrogens with one attached hydrogen (secondary N) is 1. The zero-order chi connectivity index (χ0) is 24.6. The van der Waals surface area contributed by atoms with E-state index >= 15 is 0 Å². The Labute approximate surface area is 200 Å². The van der Waals surface area contributed by atoms with Gasteiger partial charge in [0.2, 0.25) is 10.0 Å². The normalized spacial score (nSPS) is 14.3. The number of benzene rings is 2. The molecule has 9 nitrogen and oxygen atoms in total. The second-order valence-electron chi connectivity index (χ2n) is 7.81. The molecule has 1 fully saturated rings. The molecule has 1 N–H and O–H groups in total. The van der Waals surface area contributed by atoms with Crippen LogP contribution >= 0.6 is 0 Å². The molecule has 0 radical (unpaired) electrons. The van der Waals surface area contributed by atoms with Crippen molar-refractivity contribution in [2.24, 2.45) is 0 Å². The summed E-state index contributed by atoms with van der Waals surface area (Å²) in [6.45, 7) is 3.25. The zero-order valence-electron chi connectivity index (χ0n) is 19.3. The Bertz CT molecular complexity index is 1110. The number of esters is 1. The van der Waals surface area contributed by atoms with Gasteiger partial charge in [-0.1, -0.05) is 29.8 Å². The van der Waals surface area contributed by atoms with Crippen LogP contribution in [0.1, 0.15) is 11.1 Å². The zero-order valence-corrected chi connectivity index (χ0v) is 20.1. The Hall–Kier alpha value is -3.37. The smallest absolute Gasteiger partial charge is 0.321 e. The largest absolute Gasteiger partial charge is 0.497 e. The lowest BCUT2D eigenvalue weighted by atomic mass is 10.2. The molecule has 1 aliphatic heterocycles. The number of piperazine rings is 1. The molecule has 0 aromatic heterocycles. The van der Waals surface area contributed by atoms with E-state index in [4.69, 9.17) is 9.47 Å². The van der Waals surface area contributed by atoms with E-state index in [0.717, 1.165) is 28.0 Å². The van der Waals surface area contributed by atoms with Crippen LogP contribution in [0.2, 0.25) is 0 Å². The molecule has 2 aromatic carbocycles. The molecule has 0 unspecified atom stereocenters. The summed E-state index contributed by atoms with van der Waals surface area (Å²) in [4.78, 5) is 28.1. The van der Waals surface area contributed by atoms with Crippen LogP contribution in [0, 0.1) is 6.92 Å². The minimum Gasteiger partial charge on any atom is -0.497 e. The van der Waals surface area contributed by atoms with E-state index in [9.17, 15) is 18.0 Å². The van der Waals surface area contributed by atoms with Gasteiger partial charge in [-0.2, -0.15) is 0 Å². The SMILES string of the molecule is COc1ccc(N2CCN(C(=O)COC(=O)CNS(=O)(=O)/C=C/c3ccc(C)cc3)CC2)cc1. The molecule has 2 aromatic rings. The molecule has 34 heavy (non-hydrogen) atoms. The van der Waals surface area contributed by atoms with Gasteiger partial charge in [0.1, 0.15) is 12.3 Å². The van der Waals surface area contributed by atoms with Crippen molar-refractivity contribution in [3.63, 3.8) is 0 Å². The fraction of sp³-hybridized carbons (Fsp3) is 0.333. The van der Waals surface area contributed by atoms with Crippen molar-refractivity contribution in [2.75, 3.05) is 51.3 Å². The molecule has 0 bridgehead atoms. The first kappa shape index (κ1) is 25.3. The van der Waals surface area contributed by atoms with E-state index < -0.39 is 29.1 Å². The van der Waals surface area contributed by atoms with E-state index in [1.54, 1.807) is 24.1 Å². The summed E-state index contributed by atoms with van der Waals surface area (Å²) >= 11 is 0. The highest BCUT2D eigenvalue weighted by Crippen LogP contribution is 2.20. The quantitative estimate of drug-likeness (QED) is 0.538. The van der Waals surface area contributed by atoms with E-state index in [1.807, 2.05) is 43.3 Å². The molecule has 0 atom stereocenters. The number of ether oxygens (including phenoxy) is 2. The van der Waals surface area contributed by atoms with Crippen LogP contribution in [0.3, 0.4) is 0 Å². The number of hydrogen-bond acceptors (Lipinski definition) is 7. The number of rotatable bonds is 9. The molecule has 182 valence electrons. The lowest BCUT2D eigenvalue weighted by molar-refractivity contribution is -0.151. The van der Waals surface area contributed by atoms with Gasteiger partial charge < -0.3 is 19.3 Å². The maximum atomic E-state index is 12.4. The van der Waals surface area contributed by atoms with E-state index in [0.29, 0.717) is 26.2 Å². The van der Waals surface area contributed by atoms with Gasteiger partial charge in [0.15, 0.2) is 6.61 Å². The number of nitrogens with zero attached hydrogens (tertiary/aromatic N) is 2. The lowest BCUT2D eigenvalue weighted by Gasteiger charge is -2.36. The summed E-state index contributed by atoms with van der Waals surface area (Å²) in [6.07, 6.45) is 1.43. The highest BCUT2D eigenvalue weighted by molar-refractivity contribution is 7.92. The molecule has 0 spiro atoms. The summed E-state index contributed by atoms with van der Waals surface area (Å²) in [5, 5.41) is 0.985. The van der Waals surface area contributed by atoms with Crippen molar-refractivity contribution >= 4 is 33.7 Å². The maximum Gasteiger partial charge on any atom is 0.321 e. The first-order valence-corrected chi connectivity index (χ1v) is 12.4. The molecule has 3 rings (SSSR count). The first-order valence-electron chi connectivity index (χ1n) is 10.8. The maximum absolute atomic E-state index is 12.4. The highest BCUT2D eigenvalue weighted by atomic mass is 32.2. The van der Waals surface area contributed by atoms with Crippen LogP contribution < -0.4 is 14.4 Å². The molecule has 0 aliphatic carbocycles. The Balaban J connectivity index is 1.38. The second kappa shape index (κ2) is 11.7. The molecule has 1 amide bonds. The summed E-state index contributed by atoms with van der Waals surface area (Å²) < 4.78 is 36.4. The standard InChI is InChI=1S/C24H29N3O6S/c1-19-3-5-20(6-4-19)11-16-34(30,31)25-17-24(29)33-18-23(28)27-14-12-26(13-15-27)21-7-9-22(32-2)10-8-21/h3-11,16,25H,12-15,17-18H2,1-2H3/b16-11+. The molecular formula is C24H29N3O6S. The number of aryl methyl sites for hydroxylation is 1. The predicted octanol–water partition coefficient (Wildman–Crippen LogP) is 1.79. The minimum absolute atomic E-state index is 0.315. The van der Waals surface area contributed by atoms with Crippen molar-refractivity contribution in [1.29, 1.82) is 0 Å². The molecule has 1 heterocycles. The summed E-state index contributed by atoms with van der Waals surface area (Å²) in [5.74, 6) is -0.355. The number of anilines is 1. The van der Waals surface area contributed by atoms with Crippen LogP contribution in [0.25, 0.3) is 6.08 Å². The number of amides is 1. The van der Waals surface area contributed by atoms with Gasteiger partial charge in [-0.3, -0.25) is 9.59 Å². The molecule has 0 saturated carbocycles.